The number of carbonyl (C=O) groups excluding carboxylic acids is 1. The smallest absolute Gasteiger partial charge is 0.255 e. The number of carbonyl (C=O) groups is 1. The van der Waals surface area contributed by atoms with Gasteiger partial charge in [-0.1, -0.05) is 11.6 Å². The molecule has 37 heavy (non-hydrogen) atoms. The van der Waals surface area contributed by atoms with Gasteiger partial charge in [0.15, 0.2) is 0 Å². The van der Waals surface area contributed by atoms with Gasteiger partial charge in [-0.2, -0.15) is 0 Å². The monoisotopic (exact) mass is 524 g/mol. The zero-order valence-corrected chi connectivity index (χ0v) is 21.7. The minimum Gasteiger partial charge on any atom is -0.488 e. The molecule has 10 heteroatoms. The summed E-state index contributed by atoms with van der Waals surface area (Å²) in [7, 11) is 1.63. The summed E-state index contributed by atoms with van der Waals surface area (Å²) in [6.07, 6.45) is 2.39. The van der Waals surface area contributed by atoms with Gasteiger partial charge in [0.2, 0.25) is 11.8 Å². The molecule has 1 aromatic carbocycles. The van der Waals surface area contributed by atoms with E-state index in [4.69, 9.17) is 30.5 Å². The molecule has 0 bridgehead atoms. The summed E-state index contributed by atoms with van der Waals surface area (Å²) in [6, 6.07) is 11.0. The highest BCUT2D eigenvalue weighted by molar-refractivity contribution is 6.32. The fourth-order valence-corrected chi connectivity index (χ4v) is 4.30. The zero-order valence-electron chi connectivity index (χ0n) is 21.0. The van der Waals surface area contributed by atoms with Crippen molar-refractivity contribution in [2.24, 2.45) is 4.99 Å². The number of amides is 1. The Hall–Kier alpha value is -3.56. The maximum absolute atomic E-state index is 12.5. The average molecular weight is 525 g/mol. The lowest BCUT2D eigenvalue weighted by Gasteiger charge is -2.30. The maximum Gasteiger partial charge on any atom is 0.255 e. The van der Waals surface area contributed by atoms with E-state index in [1.54, 1.807) is 24.1 Å². The number of nitrogens with zero attached hydrogens (tertiary/aromatic N) is 3. The van der Waals surface area contributed by atoms with E-state index >= 15 is 0 Å². The molecule has 0 radical (unpaired) electrons. The number of likely N-dealkylation sites (tertiary alicyclic amines) is 1. The van der Waals surface area contributed by atoms with Crippen LogP contribution < -0.4 is 9.47 Å². The molecule has 194 valence electrons. The second-order valence-electron chi connectivity index (χ2n) is 9.20. The van der Waals surface area contributed by atoms with E-state index in [0.29, 0.717) is 36.1 Å². The van der Waals surface area contributed by atoms with Crippen molar-refractivity contribution < 1.29 is 23.7 Å². The molecule has 1 amide bonds. The molecule has 2 aromatic heterocycles. The van der Waals surface area contributed by atoms with Crippen LogP contribution in [0.5, 0.6) is 17.4 Å². The predicted molar refractivity (Wildman–Crippen MR) is 140 cm³/mol. The van der Waals surface area contributed by atoms with Gasteiger partial charge in [0, 0.05) is 43.7 Å². The molecule has 9 nitrogen and oxygen atoms in total. The summed E-state index contributed by atoms with van der Waals surface area (Å²) in [4.78, 5) is 26.4. The van der Waals surface area contributed by atoms with Crippen molar-refractivity contribution in [1.82, 2.24) is 14.9 Å². The normalized spacial score (nSPS) is 17.6. The SMILES string of the molecule is COC[C@H](C)Oc1cc(Oc2ncc(C(=O)N3CCC3)cc2Cl)cc(-c2ccc(C3=NC[C@H](C)O3)[nH]2)c1. The fourth-order valence-electron chi connectivity index (χ4n) is 4.10. The second-order valence-corrected chi connectivity index (χ2v) is 9.60. The Kier molecular flexibility index (Phi) is 7.34. The molecule has 2 aliphatic rings. The Balaban J connectivity index is 1.42. The first kappa shape index (κ1) is 25.1. The topological polar surface area (TPSA) is 98.3 Å². The summed E-state index contributed by atoms with van der Waals surface area (Å²) in [5.74, 6) is 1.79. The van der Waals surface area contributed by atoms with Gasteiger partial charge in [0.25, 0.3) is 5.91 Å². The van der Waals surface area contributed by atoms with Crippen molar-refractivity contribution in [3.05, 3.63) is 58.9 Å². The van der Waals surface area contributed by atoms with E-state index < -0.39 is 0 Å². The average Bonchev–Trinajstić information content (AvgIpc) is 3.48. The number of pyridine rings is 1. The van der Waals surface area contributed by atoms with Crippen LogP contribution in [0.1, 0.15) is 36.3 Å². The molecule has 5 rings (SSSR count). The summed E-state index contributed by atoms with van der Waals surface area (Å²) in [6.45, 7) is 6.49. The third kappa shape index (κ3) is 5.73. The first-order chi connectivity index (χ1) is 17.9. The van der Waals surface area contributed by atoms with Gasteiger partial charge in [-0.05, 0) is 50.6 Å². The third-order valence-corrected chi connectivity index (χ3v) is 6.33. The first-order valence-corrected chi connectivity index (χ1v) is 12.6. The molecular formula is C27H29ClN4O5. The number of hydrogen-bond acceptors (Lipinski definition) is 7. The zero-order chi connectivity index (χ0) is 25.9. The number of aromatic amines is 1. The molecule has 0 aliphatic carbocycles. The van der Waals surface area contributed by atoms with Crippen LogP contribution in [-0.4, -0.2) is 72.2 Å². The minimum atomic E-state index is -0.177. The summed E-state index contributed by atoms with van der Waals surface area (Å²) >= 11 is 6.46. The van der Waals surface area contributed by atoms with Crippen molar-refractivity contribution in [2.45, 2.75) is 32.5 Å². The van der Waals surface area contributed by atoms with Crippen LogP contribution in [0.15, 0.2) is 47.6 Å². The molecular weight excluding hydrogens is 496 g/mol. The number of ether oxygens (including phenoxy) is 4. The van der Waals surface area contributed by atoms with E-state index in [1.807, 2.05) is 38.1 Å². The van der Waals surface area contributed by atoms with Gasteiger partial charge in [-0.3, -0.25) is 4.79 Å². The van der Waals surface area contributed by atoms with Crippen molar-refractivity contribution >= 4 is 23.4 Å². The molecule has 2 atom stereocenters. The Morgan fingerprint density at radius 1 is 1.22 bits per heavy atom. The standard InChI is InChI=1S/C27H29ClN4O5/c1-16-13-29-26(36-16)24-6-5-23(31-24)18-9-20(35-17(2)15-34-3)12-21(10-18)37-25-22(28)11-19(14-30-25)27(33)32-7-4-8-32/h5-6,9-12,14,16-17,31H,4,7-8,13,15H2,1-3H3/t16-,17-/m0/s1. The number of nitrogens with one attached hydrogen (secondary N) is 1. The highest BCUT2D eigenvalue weighted by Crippen LogP contribution is 2.35. The van der Waals surface area contributed by atoms with Crippen LogP contribution >= 0.6 is 11.6 Å². The molecule has 1 saturated heterocycles. The first-order valence-electron chi connectivity index (χ1n) is 12.2. The lowest BCUT2D eigenvalue weighted by Crippen LogP contribution is -2.42. The minimum absolute atomic E-state index is 0.0607. The van der Waals surface area contributed by atoms with Crippen molar-refractivity contribution in [3.8, 4) is 28.6 Å². The Bertz CT molecular complexity index is 1320. The molecule has 3 aromatic rings. The van der Waals surface area contributed by atoms with Crippen LogP contribution in [-0.2, 0) is 9.47 Å². The maximum atomic E-state index is 12.5. The number of rotatable bonds is 9. The van der Waals surface area contributed by atoms with E-state index in [1.165, 1.54) is 6.20 Å². The van der Waals surface area contributed by atoms with Crippen LogP contribution in [0.4, 0.5) is 0 Å². The largest absolute Gasteiger partial charge is 0.488 e. The number of hydrogen-bond donors (Lipinski definition) is 1. The Morgan fingerprint density at radius 3 is 2.68 bits per heavy atom. The van der Waals surface area contributed by atoms with Crippen LogP contribution in [0.2, 0.25) is 5.02 Å². The predicted octanol–water partition coefficient (Wildman–Crippen LogP) is 4.95. The molecule has 0 spiro atoms. The number of aliphatic imine (C=N–C) groups is 1. The van der Waals surface area contributed by atoms with Crippen molar-refractivity contribution in [2.75, 3.05) is 33.4 Å². The van der Waals surface area contributed by atoms with E-state index in [9.17, 15) is 4.79 Å². The number of H-pyrrole nitrogens is 1. The van der Waals surface area contributed by atoms with Gasteiger partial charge < -0.3 is 28.8 Å². The lowest BCUT2D eigenvalue weighted by atomic mass is 10.1. The van der Waals surface area contributed by atoms with Gasteiger partial charge in [0.1, 0.15) is 34.4 Å². The van der Waals surface area contributed by atoms with Gasteiger partial charge in [-0.25, -0.2) is 9.98 Å². The van der Waals surface area contributed by atoms with E-state index in [-0.39, 0.29) is 29.0 Å². The Morgan fingerprint density at radius 2 is 2.00 bits per heavy atom. The fraction of sp³-hybridized carbons (Fsp3) is 0.370. The third-order valence-electron chi connectivity index (χ3n) is 6.06. The summed E-state index contributed by atoms with van der Waals surface area (Å²) in [5.41, 5.74) is 2.90. The van der Waals surface area contributed by atoms with Crippen molar-refractivity contribution in [3.63, 3.8) is 0 Å². The number of benzene rings is 1. The highest BCUT2D eigenvalue weighted by Gasteiger charge is 2.23. The van der Waals surface area contributed by atoms with Gasteiger partial charge in [-0.15, -0.1) is 0 Å². The molecule has 0 unspecified atom stereocenters. The van der Waals surface area contributed by atoms with E-state index in [2.05, 4.69) is 15.0 Å². The lowest BCUT2D eigenvalue weighted by molar-refractivity contribution is 0.0651. The van der Waals surface area contributed by atoms with Gasteiger partial charge >= 0.3 is 0 Å². The molecule has 2 aliphatic heterocycles. The number of halogens is 1. The molecule has 0 saturated carbocycles. The quantitative estimate of drug-likeness (QED) is 0.425. The Labute approximate surface area is 220 Å². The van der Waals surface area contributed by atoms with Crippen LogP contribution in [0, 0.1) is 0 Å². The van der Waals surface area contributed by atoms with Crippen LogP contribution in [0.25, 0.3) is 11.3 Å². The summed E-state index contributed by atoms with van der Waals surface area (Å²) in [5, 5.41) is 0.250. The summed E-state index contributed by atoms with van der Waals surface area (Å²) < 4.78 is 23.1. The van der Waals surface area contributed by atoms with E-state index in [0.717, 1.165) is 36.5 Å². The molecule has 4 heterocycles. The van der Waals surface area contributed by atoms with Crippen molar-refractivity contribution in [1.29, 1.82) is 0 Å². The number of methoxy groups -OCH3 is 1. The molecule has 1 fully saturated rings. The van der Waals surface area contributed by atoms with Crippen LogP contribution in [0.3, 0.4) is 0 Å². The second kappa shape index (κ2) is 10.8. The highest BCUT2D eigenvalue weighted by atomic mass is 35.5. The molecule has 1 N–H and O–H groups in total. The van der Waals surface area contributed by atoms with Gasteiger partial charge in [0.05, 0.1) is 18.7 Å². The number of aromatic nitrogens is 2.